The van der Waals surface area contributed by atoms with Crippen molar-refractivity contribution in [2.24, 2.45) is 0 Å². The van der Waals surface area contributed by atoms with Crippen LogP contribution in [0.2, 0.25) is 5.02 Å². The van der Waals surface area contributed by atoms with E-state index in [-0.39, 0.29) is 5.78 Å². The Labute approximate surface area is 124 Å². The van der Waals surface area contributed by atoms with Crippen LogP contribution in [-0.4, -0.2) is 5.78 Å². The van der Waals surface area contributed by atoms with Gasteiger partial charge in [-0.3, -0.25) is 4.79 Å². The monoisotopic (exact) mass is 287 g/mol. The van der Waals surface area contributed by atoms with E-state index >= 15 is 0 Å². The van der Waals surface area contributed by atoms with E-state index in [4.69, 9.17) is 17.3 Å². The minimum atomic E-state index is -0.0219. The first-order valence-corrected chi connectivity index (χ1v) is 7.15. The van der Waals surface area contributed by atoms with E-state index in [0.717, 1.165) is 29.5 Å². The van der Waals surface area contributed by atoms with E-state index in [1.165, 1.54) is 0 Å². The Kier molecular flexibility index (Phi) is 4.46. The van der Waals surface area contributed by atoms with Gasteiger partial charge in [-0.2, -0.15) is 0 Å². The van der Waals surface area contributed by atoms with Crippen LogP contribution in [0.25, 0.3) is 0 Å². The molecule has 0 atom stereocenters. The van der Waals surface area contributed by atoms with E-state index in [0.29, 0.717) is 16.3 Å². The number of hydrogen-bond acceptors (Lipinski definition) is 2. The van der Waals surface area contributed by atoms with Crippen molar-refractivity contribution in [3.8, 4) is 0 Å². The van der Waals surface area contributed by atoms with Gasteiger partial charge in [-0.05, 0) is 48.2 Å². The fourth-order valence-corrected chi connectivity index (χ4v) is 2.51. The summed E-state index contributed by atoms with van der Waals surface area (Å²) >= 11 is 5.98. The first kappa shape index (κ1) is 14.6. The summed E-state index contributed by atoms with van der Waals surface area (Å²) < 4.78 is 0. The number of rotatable bonds is 4. The molecule has 0 radical (unpaired) electrons. The van der Waals surface area contributed by atoms with Crippen LogP contribution in [0.4, 0.5) is 5.69 Å². The summed E-state index contributed by atoms with van der Waals surface area (Å²) in [5.41, 5.74) is 9.75. The molecule has 0 heterocycles. The quantitative estimate of drug-likeness (QED) is 0.674. The van der Waals surface area contributed by atoms with Crippen LogP contribution in [0.5, 0.6) is 0 Å². The van der Waals surface area contributed by atoms with Gasteiger partial charge in [0.25, 0.3) is 0 Å². The smallest absolute Gasteiger partial charge is 0.193 e. The third-order valence-corrected chi connectivity index (χ3v) is 3.61. The molecule has 2 rings (SSSR count). The summed E-state index contributed by atoms with van der Waals surface area (Å²) in [7, 11) is 0. The zero-order valence-electron chi connectivity index (χ0n) is 11.7. The molecular formula is C17H18ClNO. The molecule has 0 fully saturated rings. The SMILES string of the molecule is CCc1ccc(CC)c(C(=O)c2cc(N)cc(Cl)c2)c1. The molecule has 20 heavy (non-hydrogen) atoms. The average Bonchev–Trinajstić information content (AvgIpc) is 2.44. The number of halogens is 1. The number of nitrogens with two attached hydrogens (primary N) is 1. The van der Waals surface area contributed by atoms with Gasteiger partial charge in [-0.1, -0.05) is 37.6 Å². The number of benzene rings is 2. The first-order valence-electron chi connectivity index (χ1n) is 6.77. The average molecular weight is 288 g/mol. The molecule has 0 spiro atoms. The summed E-state index contributed by atoms with van der Waals surface area (Å²) in [4.78, 5) is 12.7. The third-order valence-electron chi connectivity index (χ3n) is 3.39. The van der Waals surface area contributed by atoms with Crippen molar-refractivity contribution >= 4 is 23.1 Å². The molecule has 0 amide bonds. The molecule has 104 valence electrons. The molecular weight excluding hydrogens is 270 g/mol. The molecule has 0 saturated carbocycles. The molecule has 3 heteroatoms. The number of ketones is 1. The van der Waals surface area contributed by atoms with Crippen LogP contribution in [0.3, 0.4) is 0 Å². The zero-order valence-corrected chi connectivity index (χ0v) is 12.5. The van der Waals surface area contributed by atoms with Crippen LogP contribution < -0.4 is 5.73 Å². The molecule has 0 aromatic heterocycles. The second kappa shape index (κ2) is 6.10. The van der Waals surface area contributed by atoms with E-state index in [9.17, 15) is 4.79 Å². The number of anilines is 1. The molecule has 0 unspecified atom stereocenters. The molecule has 2 aromatic rings. The molecule has 2 nitrogen and oxygen atoms in total. The third kappa shape index (κ3) is 3.02. The van der Waals surface area contributed by atoms with Gasteiger partial charge in [0, 0.05) is 21.8 Å². The molecule has 0 aliphatic carbocycles. The van der Waals surface area contributed by atoms with Gasteiger partial charge in [0.1, 0.15) is 0 Å². The Morgan fingerprint density at radius 2 is 1.85 bits per heavy atom. The first-order chi connectivity index (χ1) is 9.55. The predicted octanol–water partition coefficient (Wildman–Crippen LogP) is 4.28. The highest BCUT2D eigenvalue weighted by Gasteiger charge is 2.14. The van der Waals surface area contributed by atoms with Crippen LogP contribution in [0.15, 0.2) is 36.4 Å². The lowest BCUT2D eigenvalue weighted by Crippen LogP contribution is -2.07. The van der Waals surface area contributed by atoms with E-state index in [1.807, 2.05) is 19.1 Å². The molecule has 2 N–H and O–H groups in total. The molecule has 0 aliphatic rings. The summed E-state index contributed by atoms with van der Waals surface area (Å²) in [5, 5.41) is 0.484. The van der Waals surface area contributed by atoms with Crippen molar-refractivity contribution < 1.29 is 4.79 Å². The number of hydrogen-bond donors (Lipinski definition) is 1. The number of aryl methyl sites for hydroxylation is 2. The van der Waals surface area contributed by atoms with Gasteiger partial charge >= 0.3 is 0 Å². The van der Waals surface area contributed by atoms with Gasteiger partial charge in [0.2, 0.25) is 0 Å². The maximum Gasteiger partial charge on any atom is 0.193 e. The van der Waals surface area contributed by atoms with Crippen LogP contribution in [0.1, 0.15) is 40.9 Å². The van der Waals surface area contributed by atoms with Gasteiger partial charge in [0.15, 0.2) is 5.78 Å². The maximum absolute atomic E-state index is 12.7. The summed E-state index contributed by atoms with van der Waals surface area (Å²) in [6, 6.07) is 11.0. The number of nitrogen functional groups attached to an aromatic ring is 1. The Morgan fingerprint density at radius 1 is 1.10 bits per heavy atom. The molecule has 2 aromatic carbocycles. The normalized spacial score (nSPS) is 10.6. The highest BCUT2D eigenvalue weighted by molar-refractivity contribution is 6.31. The number of carbonyl (C=O) groups is 1. The van der Waals surface area contributed by atoms with Crippen molar-refractivity contribution in [3.05, 3.63) is 63.7 Å². The van der Waals surface area contributed by atoms with Crippen LogP contribution in [-0.2, 0) is 12.8 Å². The second-order valence-electron chi connectivity index (χ2n) is 4.80. The second-order valence-corrected chi connectivity index (χ2v) is 5.24. The lowest BCUT2D eigenvalue weighted by molar-refractivity contribution is 0.103. The highest BCUT2D eigenvalue weighted by atomic mass is 35.5. The van der Waals surface area contributed by atoms with E-state index in [1.54, 1.807) is 18.2 Å². The lowest BCUT2D eigenvalue weighted by Gasteiger charge is -2.10. The topological polar surface area (TPSA) is 43.1 Å². The van der Waals surface area contributed by atoms with Gasteiger partial charge < -0.3 is 5.73 Å². The lowest BCUT2D eigenvalue weighted by atomic mass is 9.94. The molecule has 0 aliphatic heterocycles. The Balaban J connectivity index is 2.51. The predicted molar refractivity (Wildman–Crippen MR) is 84.5 cm³/mol. The van der Waals surface area contributed by atoms with Crippen molar-refractivity contribution in [3.63, 3.8) is 0 Å². The van der Waals surface area contributed by atoms with Crippen molar-refractivity contribution in [2.45, 2.75) is 26.7 Å². The minimum absolute atomic E-state index is 0.0219. The van der Waals surface area contributed by atoms with Crippen LogP contribution >= 0.6 is 11.6 Å². The fraction of sp³-hybridized carbons (Fsp3) is 0.235. The summed E-state index contributed by atoms with van der Waals surface area (Å²) in [6.45, 7) is 4.12. The number of carbonyl (C=O) groups excluding carboxylic acids is 1. The summed E-state index contributed by atoms with van der Waals surface area (Å²) in [5.74, 6) is -0.0219. The Bertz CT molecular complexity index is 629. The molecule has 0 saturated heterocycles. The highest BCUT2D eigenvalue weighted by Crippen LogP contribution is 2.22. The van der Waals surface area contributed by atoms with E-state index < -0.39 is 0 Å². The van der Waals surface area contributed by atoms with Gasteiger partial charge in [-0.25, -0.2) is 0 Å². The molecule has 0 bridgehead atoms. The van der Waals surface area contributed by atoms with Crippen molar-refractivity contribution in [2.75, 3.05) is 5.73 Å². The fourth-order valence-electron chi connectivity index (χ4n) is 2.26. The Hall–Kier alpha value is -1.80. The zero-order chi connectivity index (χ0) is 14.7. The van der Waals surface area contributed by atoms with Gasteiger partial charge in [-0.15, -0.1) is 0 Å². The minimum Gasteiger partial charge on any atom is -0.399 e. The van der Waals surface area contributed by atoms with Crippen LogP contribution in [0, 0.1) is 0 Å². The van der Waals surface area contributed by atoms with E-state index in [2.05, 4.69) is 13.0 Å². The van der Waals surface area contributed by atoms with Crippen molar-refractivity contribution in [1.82, 2.24) is 0 Å². The standard InChI is InChI=1S/C17H18ClNO/c1-3-11-5-6-12(4-2)16(7-11)17(20)13-8-14(18)10-15(19)9-13/h5-10H,3-4,19H2,1-2H3. The van der Waals surface area contributed by atoms with Gasteiger partial charge in [0.05, 0.1) is 0 Å². The Morgan fingerprint density at radius 3 is 2.45 bits per heavy atom. The maximum atomic E-state index is 12.7. The summed E-state index contributed by atoms with van der Waals surface area (Å²) in [6.07, 6.45) is 1.73. The largest absolute Gasteiger partial charge is 0.399 e. The van der Waals surface area contributed by atoms with Crippen molar-refractivity contribution in [1.29, 1.82) is 0 Å².